The molecule has 0 aromatic carbocycles. The highest BCUT2D eigenvalue weighted by Gasteiger charge is 2.43. The molecule has 0 atom stereocenters. The summed E-state index contributed by atoms with van der Waals surface area (Å²) in [5.74, 6) is -1.75. The van der Waals surface area contributed by atoms with Crippen molar-refractivity contribution in [2.24, 2.45) is 0 Å². The maximum Gasteiger partial charge on any atom is 0.471 e. The largest absolute Gasteiger partial charge is 0.471 e. The summed E-state index contributed by atoms with van der Waals surface area (Å²) in [5, 5.41) is 0.402. The van der Waals surface area contributed by atoms with Crippen molar-refractivity contribution >= 4 is 22.4 Å². The predicted octanol–water partition coefficient (Wildman–Crippen LogP) is 3.06. The molecule has 3 rings (SSSR count). The topological polar surface area (TPSA) is 72.1 Å². The van der Waals surface area contributed by atoms with Crippen LogP contribution < -0.4 is 5.73 Å². The number of aromatic nitrogens is 2. The number of hydrogen-bond donors (Lipinski definition) is 1. The second-order valence-electron chi connectivity index (χ2n) is 5.54. The van der Waals surface area contributed by atoms with E-state index in [4.69, 9.17) is 5.73 Å². The molecule has 3 heterocycles. The number of thiazole rings is 1. The van der Waals surface area contributed by atoms with Gasteiger partial charge in [-0.3, -0.25) is 9.78 Å². The Morgan fingerprint density at radius 3 is 2.58 bits per heavy atom. The van der Waals surface area contributed by atoms with Crippen LogP contribution in [0.2, 0.25) is 0 Å². The molecular formula is C15H15F3N4OS. The Labute approximate surface area is 140 Å². The molecule has 24 heavy (non-hydrogen) atoms. The van der Waals surface area contributed by atoms with Crippen LogP contribution in [0.5, 0.6) is 0 Å². The second kappa shape index (κ2) is 6.39. The lowest BCUT2D eigenvalue weighted by Gasteiger charge is -2.32. The van der Waals surface area contributed by atoms with Gasteiger partial charge in [0.1, 0.15) is 5.69 Å². The van der Waals surface area contributed by atoms with Gasteiger partial charge in [-0.1, -0.05) is 6.07 Å². The van der Waals surface area contributed by atoms with E-state index in [1.165, 1.54) is 11.3 Å². The van der Waals surface area contributed by atoms with Crippen molar-refractivity contribution in [3.63, 3.8) is 0 Å². The molecule has 0 bridgehead atoms. The van der Waals surface area contributed by atoms with Crippen molar-refractivity contribution in [2.75, 3.05) is 18.8 Å². The van der Waals surface area contributed by atoms with Gasteiger partial charge in [-0.25, -0.2) is 4.98 Å². The van der Waals surface area contributed by atoms with Gasteiger partial charge in [0.25, 0.3) is 0 Å². The summed E-state index contributed by atoms with van der Waals surface area (Å²) in [5.41, 5.74) is 7.19. The summed E-state index contributed by atoms with van der Waals surface area (Å²) in [6.45, 7) is 0.144. The fourth-order valence-corrected chi connectivity index (χ4v) is 3.85. The number of amides is 1. The van der Waals surface area contributed by atoms with E-state index in [1.807, 2.05) is 12.1 Å². The number of piperidine rings is 1. The highest BCUT2D eigenvalue weighted by Crippen LogP contribution is 2.39. The quantitative estimate of drug-likeness (QED) is 0.898. The molecule has 0 saturated carbocycles. The molecule has 0 aliphatic carbocycles. The molecule has 0 radical (unpaired) electrons. The maximum absolute atomic E-state index is 12.5. The minimum absolute atomic E-state index is 0.0223. The number of rotatable bonds is 2. The van der Waals surface area contributed by atoms with E-state index in [-0.39, 0.29) is 19.0 Å². The number of likely N-dealkylation sites (tertiary alicyclic amines) is 1. The molecular weight excluding hydrogens is 341 g/mol. The minimum Gasteiger partial charge on any atom is -0.375 e. The SMILES string of the molecule is Nc1nc(-c2ccccn2)c(C2CCN(C(=O)C(F)(F)F)CC2)s1. The zero-order chi connectivity index (χ0) is 17.3. The van der Waals surface area contributed by atoms with Crippen LogP contribution >= 0.6 is 11.3 Å². The van der Waals surface area contributed by atoms with Crippen LogP contribution in [0.25, 0.3) is 11.4 Å². The molecule has 128 valence electrons. The summed E-state index contributed by atoms with van der Waals surface area (Å²) in [4.78, 5) is 21.7. The number of nitrogens with two attached hydrogens (primary N) is 1. The second-order valence-corrected chi connectivity index (χ2v) is 6.61. The lowest BCUT2D eigenvalue weighted by molar-refractivity contribution is -0.186. The lowest BCUT2D eigenvalue weighted by Crippen LogP contribution is -2.45. The molecule has 1 fully saturated rings. The van der Waals surface area contributed by atoms with Crippen LogP contribution in [-0.4, -0.2) is 40.0 Å². The average Bonchev–Trinajstić information content (AvgIpc) is 2.96. The van der Waals surface area contributed by atoms with Gasteiger partial charge in [-0.15, -0.1) is 11.3 Å². The Hall–Kier alpha value is -2.16. The van der Waals surface area contributed by atoms with Crippen LogP contribution in [0, 0.1) is 0 Å². The Morgan fingerprint density at radius 2 is 2.00 bits per heavy atom. The summed E-state index contributed by atoms with van der Waals surface area (Å²) >= 11 is 1.33. The number of carbonyl (C=O) groups excluding carboxylic acids is 1. The molecule has 0 spiro atoms. The number of carbonyl (C=O) groups is 1. The highest BCUT2D eigenvalue weighted by atomic mass is 32.1. The van der Waals surface area contributed by atoms with E-state index in [9.17, 15) is 18.0 Å². The van der Waals surface area contributed by atoms with Crippen molar-refractivity contribution in [3.8, 4) is 11.4 Å². The van der Waals surface area contributed by atoms with Crippen molar-refractivity contribution in [3.05, 3.63) is 29.3 Å². The number of pyridine rings is 1. The Morgan fingerprint density at radius 1 is 1.29 bits per heavy atom. The maximum atomic E-state index is 12.5. The highest BCUT2D eigenvalue weighted by molar-refractivity contribution is 7.15. The van der Waals surface area contributed by atoms with E-state index in [1.54, 1.807) is 12.3 Å². The first-order valence-electron chi connectivity index (χ1n) is 7.40. The Balaban J connectivity index is 1.77. The van der Waals surface area contributed by atoms with Gasteiger partial charge in [-0.2, -0.15) is 13.2 Å². The molecule has 2 aromatic heterocycles. The van der Waals surface area contributed by atoms with Crippen molar-refractivity contribution in [1.29, 1.82) is 0 Å². The zero-order valence-corrected chi connectivity index (χ0v) is 13.4. The third kappa shape index (κ3) is 3.35. The van der Waals surface area contributed by atoms with E-state index in [0.717, 1.165) is 9.78 Å². The van der Waals surface area contributed by atoms with Crippen molar-refractivity contribution < 1.29 is 18.0 Å². The predicted molar refractivity (Wildman–Crippen MR) is 84.4 cm³/mol. The van der Waals surface area contributed by atoms with E-state index >= 15 is 0 Å². The van der Waals surface area contributed by atoms with Gasteiger partial charge < -0.3 is 10.6 Å². The minimum atomic E-state index is -4.82. The third-order valence-electron chi connectivity index (χ3n) is 3.97. The van der Waals surface area contributed by atoms with Crippen LogP contribution in [-0.2, 0) is 4.79 Å². The number of halogens is 3. The number of nitrogens with zero attached hydrogens (tertiary/aromatic N) is 3. The van der Waals surface area contributed by atoms with Crippen LogP contribution in [0.1, 0.15) is 23.6 Å². The molecule has 0 unspecified atom stereocenters. The fourth-order valence-electron chi connectivity index (χ4n) is 2.84. The third-order valence-corrected chi connectivity index (χ3v) is 5.02. The number of nitrogen functional groups attached to an aromatic ring is 1. The number of anilines is 1. The normalized spacial score (nSPS) is 16.4. The van der Waals surface area contributed by atoms with Crippen molar-refractivity contribution in [1.82, 2.24) is 14.9 Å². The molecule has 1 saturated heterocycles. The molecule has 2 aromatic rings. The fraction of sp³-hybridized carbons (Fsp3) is 0.400. The molecule has 1 aliphatic heterocycles. The number of hydrogen-bond acceptors (Lipinski definition) is 5. The van der Waals surface area contributed by atoms with Gasteiger partial charge in [0.05, 0.1) is 5.69 Å². The summed E-state index contributed by atoms with van der Waals surface area (Å²) in [6, 6.07) is 5.45. The Bertz CT molecular complexity index is 724. The summed E-state index contributed by atoms with van der Waals surface area (Å²) in [6.07, 6.45) is -2.27. The molecule has 5 nitrogen and oxygen atoms in total. The smallest absolute Gasteiger partial charge is 0.375 e. The molecule has 1 amide bonds. The standard InChI is InChI=1S/C15H15F3N4OS/c16-15(17,18)13(23)22-7-4-9(5-8-22)12-11(21-14(19)24-12)10-3-1-2-6-20-10/h1-3,6,9H,4-5,7-8H2,(H2,19,21). The van der Waals surface area contributed by atoms with E-state index in [0.29, 0.717) is 29.4 Å². The molecule has 1 aliphatic rings. The van der Waals surface area contributed by atoms with Gasteiger partial charge in [0.2, 0.25) is 0 Å². The van der Waals surface area contributed by atoms with Gasteiger partial charge in [0, 0.05) is 24.2 Å². The van der Waals surface area contributed by atoms with Crippen LogP contribution in [0.3, 0.4) is 0 Å². The molecule has 9 heteroatoms. The summed E-state index contributed by atoms with van der Waals surface area (Å²) in [7, 11) is 0. The van der Waals surface area contributed by atoms with Crippen LogP contribution in [0.15, 0.2) is 24.4 Å². The van der Waals surface area contributed by atoms with Crippen molar-refractivity contribution in [2.45, 2.75) is 24.9 Å². The van der Waals surface area contributed by atoms with Gasteiger partial charge in [-0.05, 0) is 30.9 Å². The van der Waals surface area contributed by atoms with Crippen LogP contribution in [0.4, 0.5) is 18.3 Å². The number of alkyl halides is 3. The zero-order valence-electron chi connectivity index (χ0n) is 12.6. The Kier molecular flexibility index (Phi) is 4.44. The average molecular weight is 356 g/mol. The van der Waals surface area contributed by atoms with E-state index < -0.39 is 12.1 Å². The first-order valence-corrected chi connectivity index (χ1v) is 8.21. The van der Waals surface area contributed by atoms with Gasteiger partial charge >= 0.3 is 12.1 Å². The first-order chi connectivity index (χ1) is 11.4. The monoisotopic (exact) mass is 356 g/mol. The summed E-state index contributed by atoms with van der Waals surface area (Å²) < 4.78 is 37.6. The molecule has 2 N–H and O–H groups in total. The van der Waals surface area contributed by atoms with Gasteiger partial charge in [0.15, 0.2) is 5.13 Å². The first kappa shape index (κ1) is 16.7. The van der Waals surface area contributed by atoms with E-state index in [2.05, 4.69) is 9.97 Å². The lowest BCUT2D eigenvalue weighted by atomic mass is 9.93.